The molecule has 0 saturated heterocycles. The normalized spacial score (nSPS) is 9.95. The predicted octanol–water partition coefficient (Wildman–Crippen LogP) is 2.80. The van der Waals surface area contributed by atoms with Crippen LogP contribution in [0, 0.1) is 0 Å². The van der Waals surface area contributed by atoms with E-state index in [9.17, 15) is 9.59 Å². The number of halogens is 1. The number of amides is 2. The Balaban J connectivity index is 2.54. The van der Waals surface area contributed by atoms with Crippen LogP contribution in [0.2, 0.25) is 0 Å². The third kappa shape index (κ3) is 5.21. The molecule has 6 heteroatoms. The molecular formula is C14H19BrN2O3. The summed E-state index contributed by atoms with van der Waals surface area (Å²) in [6.45, 7) is 2.07. The van der Waals surface area contributed by atoms with Crippen molar-refractivity contribution in [1.82, 2.24) is 10.9 Å². The third-order valence-electron chi connectivity index (χ3n) is 2.73. The molecule has 2 N–H and O–H groups in total. The summed E-state index contributed by atoms with van der Waals surface area (Å²) in [5, 5.41) is 0. The lowest BCUT2D eigenvalue weighted by molar-refractivity contribution is -0.121. The molecule has 0 atom stereocenters. The van der Waals surface area contributed by atoms with Crippen LogP contribution in [0.15, 0.2) is 22.7 Å². The van der Waals surface area contributed by atoms with Gasteiger partial charge in [-0.2, -0.15) is 0 Å². The number of benzene rings is 1. The average molecular weight is 343 g/mol. The minimum Gasteiger partial charge on any atom is -0.496 e. The Morgan fingerprint density at radius 2 is 2.00 bits per heavy atom. The summed E-state index contributed by atoms with van der Waals surface area (Å²) in [6.07, 6.45) is 3.28. The molecule has 0 heterocycles. The second-order valence-corrected chi connectivity index (χ2v) is 5.22. The first kappa shape index (κ1) is 16.5. The maximum atomic E-state index is 12.0. The van der Waals surface area contributed by atoms with E-state index in [2.05, 4.69) is 33.7 Å². The van der Waals surface area contributed by atoms with Gasteiger partial charge >= 0.3 is 0 Å². The Bertz CT molecular complexity index is 477. The molecule has 0 saturated carbocycles. The lowest BCUT2D eigenvalue weighted by atomic mass is 10.2. The van der Waals surface area contributed by atoms with Gasteiger partial charge in [0.15, 0.2) is 0 Å². The average Bonchev–Trinajstić information content (AvgIpc) is 2.45. The van der Waals surface area contributed by atoms with E-state index in [0.717, 1.165) is 23.7 Å². The van der Waals surface area contributed by atoms with Crippen LogP contribution in [0.1, 0.15) is 43.0 Å². The molecule has 2 amide bonds. The van der Waals surface area contributed by atoms with Crippen molar-refractivity contribution in [3.8, 4) is 5.75 Å². The number of hydrogen-bond donors (Lipinski definition) is 2. The highest BCUT2D eigenvalue weighted by Crippen LogP contribution is 2.22. The van der Waals surface area contributed by atoms with E-state index in [4.69, 9.17) is 4.74 Å². The number of carbonyl (C=O) groups is 2. The number of carbonyl (C=O) groups excluding carboxylic acids is 2. The summed E-state index contributed by atoms with van der Waals surface area (Å²) >= 11 is 3.29. The van der Waals surface area contributed by atoms with Gasteiger partial charge in [0.1, 0.15) is 5.75 Å². The lowest BCUT2D eigenvalue weighted by Crippen LogP contribution is -2.41. The summed E-state index contributed by atoms with van der Waals surface area (Å²) in [5.41, 5.74) is 5.15. The second kappa shape index (κ2) is 8.58. The molecule has 0 aliphatic carbocycles. The van der Waals surface area contributed by atoms with Gasteiger partial charge in [-0.1, -0.05) is 35.7 Å². The second-order valence-electron chi connectivity index (χ2n) is 4.30. The number of hydrogen-bond acceptors (Lipinski definition) is 3. The molecule has 0 aliphatic rings. The van der Waals surface area contributed by atoms with Crippen molar-refractivity contribution in [1.29, 1.82) is 0 Å². The molecule has 1 aromatic rings. The molecule has 0 aliphatic heterocycles. The zero-order chi connectivity index (χ0) is 15.0. The fourth-order valence-electron chi connectivity index (χ4n) is 1.65. The zero-order valence-electron chi connectivity index (χ0n) is 11.7. The van der Waals surface area contributed by atoms with Crippen molar-refractivity contribution in [2.45, 2.75) is 32.6 Å². The highest BCUT2D eigenvalue weighted by Gasteiger charge is 2.13. The van der Waals surface area contributed by atoms with Crippen molar-refractivity contribution in [3.05, 3.63) is 28.2 Å². The topological polar surface area (TPSA) is 67.4 Å². The highest BCUT2D eigenvalue weighted by atomic mass is 79.9. The maximum absolute atomic E-state index is 12.0. The minimum atomic E-state index is -0.410. The Hall–Kier alpha value is -1.56. The summed E-state index contributed by atoms with van der Waals surface area (Å²) in [5.74, 6) is -0.154. The molecule has 0 fully saturated rings. The van der Waals surface area contributed by atoms with Gasteiger partial charge < -0.3 is 4.74 Å². The van der Waals surface area contributed by atoms with Crippen LogP contribution in [0.4, 0.5) is 0 Å². The minimum absolute atomic E-state index is 0.194. The molecule has 0 radical (unpaired) electrons. The van der Waals surface area contributed by atoms with Crippen LogP contribution < -0.4 is 15.6 Å². The van der Waals surface area contributed by atoms with Crippen molar-refractivity contribution in [2.75, 3.05) is 7.11 Å². The smallest absolute Gasteiger partial charge is 0.273 e. The van der Waals surface area contributed by atoms with Crippen molar-refractivity contribution in [3.63, 3.8) is 0 Å². The van der Waals surface area contributed by atoms with E-state index in [1.165, 1.54) is 7.11 Å². The van der Waals surface area contributed by atoms with Gasteiger partial charge in [0.2, 0.25) is 5.91 Å². The summed E-state index contributed by atoms with van der Waals surface area (Å²) in [7, 11) is 1.49. The lowest BCUT2D eigenvalue weighted by Gasteiger charge is -2.10. The van der Waals surface area contributed by atoms with Gasteiger partial charge in [-0.25, -0.2) is 0 Å². The number of unbranched alkanes of at least 4 members (excludes halogenated alkanes) is 2. The first-order valence-electron chi connectivity index (χ1n) is 6.51. The Kier molecular flexibility index (Phi) is 7.08. The van der Waals surface area contributed by atoms with Gasteiger partial charge in [-0.05, 0) is 24.6 Å². The van der Waals surface area contributed by atoms with Gasteiger partial charge in [0.25, 0.3) is 5.91 Å². The van der Waals surface area contributed by atoms with Crippen molar-refractivity contribution < 1.29 is 14.3 Å². The fourth-order valence-corrected chi connectivity index (χ4v) is 2.01. The summed E-state index contributed by atoms with van der Waals surface area (Å²) in [6, 6.07) is 5.10. The molecule has 1 aromatic carbocycles. The SMILES string of the molecule is CCCCCC(=O)NNC(=O)c1cc(Br)ccc1OC. The van der Waals surface area contributed by atoms with Crippen LogP contribution >= 0.6 is 15.9 Å². The van der Waals surface area contributed by atoms with Crippen LogP contribution in [-0.4, -0.2) is 18.9 Å². The van der Waals surface area contributed by atoms with Crippen molar-refractivity contribution >= 4 is 27.7 Å². The molecule has 20 heavy (non-hydrogen) atoms. The van der Waals surface area contributed by atoms with Crippen LogP contribution in [0.5, 0.6) is 5.75 Å². The van der Waals surface area contributed by atoms with Crippen LogP contribution in [0.25, 0.3) is 0 Å². The monoisotopic (exact) mass is 342 g/mol. The van der Waals surface area contributed by atoms with Gasteiger partial charge in [-0.15, -0.1) is 0 Å². The van der Waals surface area contributed by atoms with E-state index < -0.39 is 5.91 Å². The van der Waals surface area contributed by atoms with Crippen LogP contribution in [-0.2, 0) is 4.79 Å². The summed E-state index contributed by atoms with van der Waals surface area (Å²) < 4.78 is 5.88. The number of nitrogens with one attached hydrogen (secondary N) is 2. The van der Waals surface area contributed by atoms with Crippen LogP contribution in [0.3, 0.4) is 0 Å². The Labute approximate surface area is 127 Å². The van der Waals surface area contributed by atoms with E-state index in [1.807, 2.05) is 0 Å². The molecule has 0 aromatic heterocycles. The molecule has 0 bridgehead atoms. The van der Waals surface area contributed by atoms with Gasteiger partial charge in [0, 0.05) is 10.9 Å². The number of rotatable bonds is 6. The first-order chi connectivity index (χ1) is 9.58. The van der Waals surface area contributed by atoms with E-state index in [-0.39, 0.29) is 5.91 Å². The molecule has 1 rings (SSSR count). The first-order valence-corrected chi connectivity index (χ1v) is 7.30. The van der Waals surface area contributed by atoms with Gasteiger partial charge in [0.05, 0.1) is 12.7 Å². The molecule has 5 nitrogen and oxygen atoms in total. The Morgan fingerprint density at radius 3 is 2.65 bits per heavy atom. The number of hydrazine groups is 1. The fraction of sp³-hybridized carbons (Fsp3) is 0.429. The molecule has 110 valence electrons. The van der Waals surface area contributed by atoms with Crippen molar-refractivity contribution in [2.24, 2.45) is 0 Å². The number of methoxy groups -OCH3 is 1. The molecule has 0 unspecified atom stereocenters. The maximum Gasteiger partial charge on any atom is 0.273 e. The standard InChI is InChI=1S/C14H19BrN2O3/c1-3-4-5-6-13(18)16-17-14(19)11-9-10(15)7-8-12(11)20-2/h7-9H,3-6H2,1-2H3,(H,16,18)(H,17,19). The third-order valence-corrected chi connectivity index (χ3v) is 3.22. The summed E-state index contributed by atoms with van der Waals surface area (Å²) in [4.78, 5) is 23.5. The largest absolute Gasteiger partial charge is 0.496 e. The molecule has 0 spiro atoms. The predicted molar refractivity (Wildman–Crippen MR) is 80.4 cm³/mol. The Morgan fingerprint density at radius 1 is 1.25 bits per heavy atom. The number of ether oxygens (including phenoxy) is 1. The van der Waals surface area contributed by atoms with E-state index >= 15 is 0 Å². The van der Waals surface area contributed by atoms with Gasteiger partial charge in [-0.3, -0.25) is 20.4 Å². The molecular weight excluding hydrogens is 324 g/mol. The highest BCUT2D eigenvalue weighted by molar-refractivity contribution is 9.10. The van der Waals surface area contributed by atoms with E-state index in [0.29, 0.717) is 17.7 Å². The quantitative estimate of drug-likeness (QED) is 0.617. The van der Waals surface area contributed by atoms with E-state index in [1.54, 1.807) is 18.2 Å². The zero-order valence-corrected chi connectivity index (χ0v) is 13.2.